The first kappa shape index (κ1) is 17.1. The van der Waals surface area contributed by atoms with Crippen molar-refractivity contribution in [1.82, 2.24) is 15.4 Å². The summed E-state index contributed by atoms with van der Waals surface area (Å²) in [7, 11) is 4.01. The van der Waals surface area contributed by atoms with Gasteiger partial charge in [0.25, 0.3) is 5.91 Å². The van der Waals surface area contributed by atoms with Crippen molar-refractivity contribution in [3.63, 3.8) is 0 Å². The van der Waals surface area contributed by atoms with Crippen molar-refractivity contribution >= 4 is 34.8 Å². The molecule has 1 aromatic carbocycles. The van der Waals surface area contributed by atoms with Crippen LogP contribution in [0.5, 0.6) is 0 Å². The van der Waals surface area contributed by atoms with E-state index in [1.807, 2.05) is 32.3 Å². The number of nitrogens with one attached hydrogen (secondary N) is 2. The van der Waals surface area contributed by atoms with Crippen LogP contribution in [-0.4, -0.2) is 42.8 Å². The molecule has 1 aliphatic heterocycles. The summed E-state index contributed by atoms with van der Waals surface area (Å²) in [4.78, 5) is 21.7. The van der Waals surface area contributed by atoms with Gasteiger partial charge in [-0.1, -0.05) is 24.3 Å². The molecular weight excluding hydrogens is 345 g/mol. The Balaban J connectivity index is 1.68. The normalized spacial score (nSPS) is 15.9. The predicted octanol–water partition coefficient (Wildman–Crippen LogP) is 2.92. The standard InChI is InChI=1S/C20H20FN5O/c1-25(2)17-8-4-7-15-14-6-3-5-13(11-16(14)23-19(15)17)20(27)24-26-10-9-22-18(21)12-26/h3-5,7-9,11-12,23H,6,10H2,1-2H3,(H,24,27). The van der Waals surface area contributed by atoms with Gasteiger partial charge in [-0.2, -0.15) is 4.39 Å². The molecule has 0 saturated carbocycles. The average molecular weight is 365 g/mol. The van der Waals surface area contributed by atoms with Crippen LogP contribution in [0.25, 0.3) is 17.0 Å². The molecule has 0 bridgehead atoms. The summed E-state index contributed by atoms with van der Waals surface area (Å²) >= 11 is 0. The van der Waals surface area contributed by atoms with Gasteiger partial charge in [0, 0.05) is 37.0 Å². The zero-order valence-electron chi connectivity index (χ0n) is 15.2. The van der Waals surface area contributed by atoms with E-state index in [2.05, 4.69) is 32.4 Å². The van der Waals surface area contributed by atoms with Gasteiger partial charge in [-0.05, 0) is 24.1 Å². The number of amides is 1. The SMILES string of the molecule is CN(C)c1cccc2c3c([nH]c12)C=C(C(=O)NN1C=C(F)N=CC1)C=CC3. The number of hydrogen-bond donors (Lipinski definition) is 2. The number of anilines is 1. The Morgan fingerprint density at radius 3 is 3.00 bits per heavy atom. The van der Waals surface area contributed by atoms with Crippen LogP contribution in [0.1, 0.15) is 11.3 Å². The van der Waals surface area contributed by atoms with Gasteiger partial charge in [-0.3, -0.25) is 15.2 Å². The smallest absolute Gasteiger partial charge is 0.269 e. The number of aliphatic imine (C=N–C) groups is 1. The Morgan fingerprint density at radius 2 is 2.22 bits per heavy atom. The minimum atomic E-state index is -0.638. The second kappa shape index (κ2) is 6.75. The number of aromatic nitrogens is 1. The van der Waals surface area contributed by atoms with E-state index in [1.54, 1.807) is 6.08 Å². The van der Waals surface area contributed by atoms with Crippen molar-refractivity contribution in [3.05, 3.63) is 59.3 Å². The second-order valence-electron chi connectivity index (χ2n) is 6.67. The van der Waals surface area contributed by atoms with E-state index in [1.165, 1.54) is 11.2 Å². The highest BCUT2D eigenvalue weighted by molar-refractivity contribution is 6.03. The number of fused-ring (bicyclic) bond motifs is 3. The number of hydrogen-bond acceptors (Lipinski definition) is 4. The van der Waals surface area contributed by atoms with E-state index < -0.39 is 5.95 Å². The molecular formula is C20H20FN5O. The minimum Gasteiger partial charge on any atom is -0.376 e. The van der Waals surface area contributed by atoms with E-state index in [-0.39, 0.29) is 5.91 Å². The molecule has 4 rings (SSSR count). The number of halogens is 1. The van der Waals surface area contributed by atoms with E-state index >= 15 is 0 Å². The number of nitrogens with zero attached hydrogens (tertiary/aromatic N) is 3. The van der Waals surface area contributed by atoms with Crippen molar-refractivity contribution in [2.45, 2.75) is 6.42 Å². The number of H-pyrrole nitrogens is 1. The third-order valence-corrected chi connectivity index (χ3v) is 4.62. The monoisotopic (exact) mass is 365 g/mol. The first-order valence-electron chi connectivity index (χ1n) is 8.69. The third kappa shape index (κ3) is 3.23. The molecule has 6 nitrogen and oxygen atoms in total. The number of benzene rings is 1. The number of aromatic amines is 1. The summed E-state index contributed by atoms with van der Waals surface area (Å²) in [5.74, 6) is -0.939. The molecule has 0 unspecified atom stereocenters. The van der Waals surface area contributed by atoms with Crippen LogP contribution < -0.4 is 10.3 Å². The molecule has 2 aliphatic rings. The molecule has 1 aromatic heterocycles. The van der Waals surface area contributed by atoms with Gasteiger partial charge in [0.15, 0.2) is 0 Å². The summed E-state index contributed by atoms with van der Waals surface area (Å²) in [6, 6.07) is 6.19. The van der Waals surface area contributed by atoms with E-state index in [9.17, 15) is 9.18 Å². The van der Waals surface area contributed by atoms with Gasteiger partial charge < -0.3 is 9.88 Å². The van der Waals surface area contributed by atoms with Gasteiger partial charge in [0.1, 0.15) is 0 Å². The van der Waals surface area contributed by atoms with Crippen LogP contribution in [0.15, 0.2) is 53.1 Å². The van der Waals surface area contributed by atoms with E-state index in [0.717, 1.165) is 40.5 Å². The van der Waals surface area contributed by atoms with Crippen LogP contribution >= 0.6 is 0 Å². The van der Waals surface area contributed by atoms with Crippen molar-refractivity contribution in [2.24, 2.45) is 4.99 Å². The summed E-state index contributed by atoms with van der Waals surface area (Å²) in [6.07, 6.45) is 8.90. The fourth-order valence-corrected chi connectivity index (χ4v) is 3.35. The average Bonchev–Trinajstić information content (AvgIpc) is 2.84. The topological polar surface area (TPSA) is 63.7 Å². The lowest BCUT2D eigenvalue weighted by Gasteiger charge is -2.21. The summed E-state index contributed by atoms with van der Waals surface area (Å²) < 4.78 is 13.2. The highest BCUT2D eigenvalue weighted by atomic mass is 19.1. The number of hydrazine groups is 1. The maximum atomic E-state index is 13.2. The fourth-order valence-electron chi connectivity index (χ4n) is 3.35. The number of allylic oxidation sites excluding steroid dienone is 1. The van der Waals surface area contributed by atoms with Crippen LogP contribution in [0, 0.1) is 0 Å². The number of carbonyl (C=O) groups is 1. The Hall–Kier alpha value is -3.35. The zero-order chi connectivity index (χ0) is 19.0. The molecule has 2 aromatic rings. The van der Waals surface area contributed by atoms with E-state index in [0.29, 0.717) is 12.1 Å². The maximum absolute atomic E-state index is 13.2. The quantitative estimate of drug-likeness (QED) is 0.822. The van der Waals surface area contributed by atoms with Crippen molar-refractivity contribution in [3.8, 4) is 0 Å². The summed E-state index contributed by atoms with van der Waals surface area (Å²) in [5, 5.41) is 2.52. The van der Waals surface area contributed by atoms with Crippen LogP contribution in [-0.2, 0) is 11.2 Å². The Labute approximate surface area is 156 Å². The molecule has 0 fully saturated rings. The fraction of sp³-hybridized carbons (Fsp3) is 0.200. The molecule has 1 amide bonds. The van der Waals surface area contributed by atoms with Crippen molar-refractivity contribution in [1.29, 1.82) is 0 Å². The zero-order valence-corrected chi connectivity index (χ0v) is 15.2. The molecule has 1 aliphatic carbocycles. The third-order valence-electron chi connectivity index (χ3n) is 4.62. The van der Waals surface area contributed by atoms with Crippen LogP contribution in [0.3, 0.4) is 0 Å². The molecule has 2 heterocycles. The molecule has 0 radical (unpaired) electrons. The first-order chi connectivity index (χ1) is 13.0. The van der Waals surface area contributed by atoms with Gasteiger partial charge in [-0.15, -0.1) is 0 Å². The number of rotatable bonds is 3. The molecule has 27 heavy (non-hydrogen) atoms. The van der Waals surface area contributed by atoms with Crippen molar-refractivity contribution in [2.75, 3.05) is 25.5 Å². The predicted molar refractivity (Wildman–Crippen MR) is 106 cm³/mol. The lowest BCUT2D eigenvalue weighted by atomic mass is 10.1. The Kier molecular flexibility index (Phi) is 4.27. The first-order valence-corrected chi connectivity index (χ1v) is 8.69. The van der Waals surface area contributed by atoms with Crippen molar-refractivity contribution < 1.29 is 9.18 Å². The highest BCUT2D eigenvalue weighted by Crippen LogP contribution is 2.32. The van der Waals surface area contributed by atoms with Crippen LogP contribution in [0.2, 0.25) is 0 Å². The molecule has 0 atom stereocenters. The molecule has 2 N–H and O–H groups in total. The molecule has 0 saturated heterocycles. The molecule has 138 valence electrons. The van der Waals surface area contributed by atoms with Gasteiger partial charge in [0.2, 0.25) is 5.95 Å². The highest BCUT2D eigenvalue weighted by Gasteiger charge is 2.18. The molecule has 7 heteroatoms. The van der Waals surface area contributed by atoms with Gasteiger partial charge >= 0.3 is 0 Å². The lowest BCUT2D eigenvalue weighted by molar-refractivity contribution is -0.120. The van der Waals surface area contributed by atoms with Crippen LogP contribution in [0.4, 0.5) is 10.1 Å². The maximum Gasteiger partial charge on any atom is 0.269 e. The second-order valence-corrected chi connectivity index (χ2v) is 6.67. The van der Waals surface area contributed by atoms with Gasteiger partial charge in [0.05, 0.1) is 23.9 Å². The lowest BCUT2D eigenvalue weighted by Crippen LogP contribution is -2.41. The van der Waals surface area contributed by atoms with E-state index in [4.69, 9.17) is 0 Å². The minimum absolute atomic E-state index is 0.301. The van der Waals surface area contributed by atoms with Gasteiger partial charge in [-0.25, -0.2) is 4.99 Å². The largest absolute Gasteiger partial charge is 0.376 e. The molecule has 0 spiro atoms. The Morgan fingerprint density at radius 1 is 1.37 bits per heavy atom. The summed E-state index contributed by atoms with van der Waals surface area (Å²) in [6.45, 7) is 0.319. The number of para-hydroxylation sites is 1. The number of carbonyl (C=O) groups excluding carboxylic acids is 1. The Bertz CT molecular complexity index is 1030. The summed E-state index contributed by atoms with van der Waals surface area (Å²) in [5.41, 5.74) is 7.40.